The summed E-state index contributed by atoms with van der Waals surface area (Å²) in [5.74, 6) is 4.41. The second-order valence-corrected chi connectivity index (χ2v) is 5.01. The molecule has 0 aliphatic heterocycles. The van der Waals surface area contributed by atoms with Gasteiger partial charge in [-0.2, -0.15) is 0 Å². The molecule has 0 spiro atoms. The summed E-state index contributed by atoms with van der Waals surface area (Å²) in [5, 5.41) is 0.943. The number of rotatable bonds is 7. The first-order valence-corrected chi connectivity index (χ1v) is 7.01. The maximum Gasteiger partial charge on any atom is 0.160 e. The van der Waals surface area contributed by atoms with Crippen molar-refractivity contribution in [2.45, 2.75) is 44.3 Å². The van der Waals surface area contributed by atoms with E-state index in [-0.39, 0.29) is 5.60 Å². The molecule has 0 radical (unpaired) electrons. The molecule has 0 unspecified atom stereocenters. The largest absolute Gasteiger partial charge is 0.452 e. The van der Waals surface area contributed by atoms with Crippen LogP contribution in [0.5, 0.6) is 0 Å². The SMILES string of the molecule is C#CCOC(CC)(CC)c1ccc(SCC)o1. The van der Waals surface area contributed by atoms with Gasteiger partial charge in [-0.1, -0.05) is 38.5 Å². The van der Waals surface area contributed by atoms with Gasteiger partial charge in [0.25, 0.3) is 0 Å². The van der Waals surface area contributed by atoms with Crippen LogP contribution >= 0.6 is 11.8 Å². The molecule has 0 aliphatic rings. The molecule has 94 valence electrons. The van der Waals surface area contributed by atoms with Gasteiger partial charge in [0.1, 0.15) is 18.0 Å². The highest BCUT2D eigenvalue weighted by Gasteiger charge is 2.32. The van der Waals surface area contributed by atoms with Gasteiger partial charge in [-0.15, -0.1) is 6.42 Å². The topological polar surface area (TPSA) is 22.4 Å². The van der Waals surface area contributed by atoms with Crippen LogP contribution in [-0.4, -0.2) is 12.4 Å². The van der Waals surface area contributed by atoms with Gasteiger partial charge in [0.2, 0.25) is 0 Å². The fourth-order valence-electron chi connectivity index (χ4n) is 1.84. The molecule has 1 aromatic rings. The van der Waals surface area contributed by atoms with E-state index in [2.05, 4.69) is 26.7 Å². The van der Waals surface area contributed by atoms with Crippen LogP contribution in [0, 0.1) is 12.3 Å². The van der Waals surface area contributed by atoms with Gasteiger partial charge < -0.3 is 9.15 Å². The third-order valence-electron chi connectivity index (χ3n) is 2.89. The van der Waals surface area contributed by atoms with E-state index in [0.29, 0.717) is 6.61 Å². The van der Waals surface area contributed by atoms with Gasteiger partial charge >= 0.3 is 0 Å². The maximum atomic E-state index is 5.84. The Kier molecular flexibility index (Phi) is 5.67. The van der Waals surface area contributed by atoms with Crippen molar-refractivity contribution in [3.8, 4) is 12.3 Å². The normalized spacial score (nSPS) is 11.4. The minimum Gasteiger partial charge on any atom is -0.452 e. The Morgan fingerprint density at radius 2 is 2.06 bits per heavy atom. The Morgan fingerprint density at radius 1 is 1.35 bits per heavy atom. The maximum absolute atomic E-state index is 5.84. The zero-order chi connectivity index (χ0) is 12.7. The van der Waals surface area contributed by atoms with Crippen LogP contribution in [0.15, 0.2) is 21.6 Å². The van der Waals surface area contributed by atoms with Crippen molar-refractivity contribution in [1.82, 2.24) is 0 Å². The molecule has 0 saturated carbocycles. The summed E-state index contributed by atoms with van der Waals surface area (Å²) in [6, 6.07) is 4.00. The highest BCUT2D eigenvalue weighted by molar-refractivity contribution is 7.99. The Balaban J connectivity index is 2.91. The molecule has 2 nitrogen and oxygen atoms in total. The summed E-state index contributed by atoms with van der Waals surface area (Å²) < 4.78 is 11.7. The zero-order valence-electron chi connectivity index (χ0n) is 10.8. The molecule has 0 aliphatic carbocycles. The molecule has 0 aromatic carbocycles. The standard InChI is InChI=1S/C14H20O2S/c1-5-11-15-14(6-2,7-3)12-9-10-13(16-12)17-8-4/h1,9-10H,6-8,11H2,2-4H3. The number of thioether (sulfide) groups is 1. The molecule has 1 heterocycles. The van der Waals surface area contributed by atoms with Crippen LogP contribution < -0.4 is 0 Å². The Hall–Kier alpha value is -0.850. The lowest BCUT2D eigenvalue weighted by Crippen LogP contribution is -2.28. The van der Waals surface area contributed by atoms with Gasteiger partial charge in [-0.3, -0.25) is 0 Å². The Morgan fingerprint density at radius 3 is 2.59 bits per heavy atom. The number of hydrogen-bond donors (Lipinski definition) is 0. The summed E-state index contributed by atoms with van der Waals surface area (Å²) >= 11 is 1.69. The van der Waals surface area contributed by atoms with Crippen molar-refractivity contribution in [2.75, 3.05) is 12.4 Å². The van der Waals surface area contributed by atoms with Crippen LogP contribution in [0.25, 0.3) is 0 Å². The first-order valence-electron chi connectivity index (χ1n) is 6.03. The average Bonchev–Trinajstić information content (AvgIpc) is 2.81. The van der Waals surface area contributed by atoms with Crippen LogP contribution in [-0.2, 0) is 10.3 Å². The second-order valence-electron chi connectivity index (χ2n) is 3.75. The third kappa shape index (κ3) is 3.31. The Labute approximate surface area is 108 Å². The van der Waals surface area contributed by atoms with E-state index in [1.54, 1.807) is 11.8 Å². The van der Waals surface area contributed by atoms with Gasteiger partial charge in [-0.05, 0) is 30.7 Å². The van der Waals surface area contributed by atoms with Crippen molar-refractivity contribution in [1.29, 1.82) is 0 Å². The van der Waals surface area contributed by atoms with Crippen LogP contribution in [0.4, 0.5) is 0 Å². The second kappa shape index (κ2) is 6.78. The average molecular weight is 252 g/mol. The summed E-state index contributed by atoms with van der Waals surface area (Å²) in [5.41, 5.74) is -0.376. The molecule has 3 heteroatoms. The van der Waals surface area contributed by atoms with Crippen molar-refractivity contribution >= 4 is 11.8 Å². The van der Waals surface area contributed by atoms with Crippen molar-refractivity contribution in [3.05, 3.63) is 17.9 Å². The molecule has 0 amide bonds. The quantitative estimate of drug-likeness (QED) is 0.540. The minimum atomic E-state index is -0.376. The lowest BCUT2D eigenvalue weighted by molar-refractivity contribution is -0.0573. The fourth-order valence-corrected chi connectivity index (χ4v) is 2.44. The zero-order valence-corrected chi connectivity index (χ0v) is 11.6. The molecule has 17 heavy (non-hydrogen) atoms. The molecule has 0 saturated heterocycles. The molecule has 0 fully saturated rings. The predicted octanol–water partition coefficient (Wildman–Crippen LogP) is 4.06. The monoisotopic (exact) mass is 252 g/mol. The molecular weight excluding hydrogens is 232 g/mol. The van der Waals surface area contributed by atoms with Crippen molar-refractivity contribution in [3.63, 3.8) is 0 Å². The van der Waals surface area contributed by atoms with Crippen molar-refractivity contribution in [2.24, 2.45) is 0 Å². The van der Waals surface area contributed by atoms with Gasteiger partial charge in [-0.25, -0.2) is 0 Å². The molecular formula is C14H20O2S. The van der Waals surface area contributed by atoms with Gasteiger partial charge in [0, 0.05) is 0 Å². The smallest absolute Gasteiger partial charge is 0.160 e. The van der Waals surface area contributed by atoms with E-state index in [1.807, 2.05) is 12.1 Å². The molecule has 0 atom stereocenters. The summed E-state index contributed by atoms with van der Waals surface area (Å²) in [6.45, 7) is 6.61. The highest BCUT2D eigenvalue weighted by Crippen LogP contribution is 2.36. The summed E-state index contributed by atoms with van der Waals surface area (Å²) in [6.07, 6.45) is 6.98. The first kappa shape index (κ1) is 14.2. The van der Waals surface area contributed by atoms with Crippen molar-refractivity contribution < 1.29 is 9.15 Å². The van der Waals surface area contributed by atoms with E-state index < -0.39 is 0 Å². The number of hydrogen-bond acceptors (Lipinski definition) is 3. The van der Waals surface area contributed by atoms with Gasteiger partial charge in [0.15, 0.2) is 5.09 Å². The number of furan rings is 1. The minimum absolute atomic E-state index is 0.318. The van der Waals surface area contributed by atoms with Crippen LogP contribution in [0.1, 0.15) is 39.4 Å². The van der Waals surface area contributed by atoms with E-state index in [0.717, 1.165) is 29.4 Å². The van der Waals surface area contributed by atoms with E-state index in [9.17, 15) is 0 Å². The first-order chi connectivity index (χ1) is 8.22. The molecule has 0 bridgehead atoms. The summed E-state index contributed by atoms with van der Waals surface area (Å²) in [7, 11) is 0. The highest BCUT2D eigenvalue weighted by atomic mass is 32.2. The van der Waals surface area contributed by atoms with Crippen LogP contribution in [0.2, 0.25) is 0 Å². The molecule has 1 aromatic heterocycles. The Bertz CT molecular complexity index is 372. The number of ether oxygens (including phenoxy) is 1. The molecule has 1 rings (SSSR count). The third-order valence-corrected chi connectivity index (χ3v) is 3.68. The van der Waals surface area contributed by atoms with Gasteiger partial charge in [0.05, 0.1) is 0 Å². The fraction of sp³-hybridized carbons (Fsp3) is 0.571. The lowest BCUT2D eigenvalue weighted by atomic mass is 9.94. The van der Waals surface area contributed by atoms with E-state index in [1.165, 1.54) is 0 Å². The van der Waals surface area contributed by atoms with E-state index in [4.69, 9.17) is 15.6 Å². The van der Waals surface area contributed by atoms with Crippen LogP contribution in [0.3, 0.4) is 0 Å². The van der Waals surface area contributed by atoms with E-state index >= 15 is 0 Å². The summed E-state index contributed by atoms with van der Waals surface area (Å²) in [4.78, 5) is 0. The molecule has 0 N–H and O–H groups in total. The number of terminal acetylenes is 1. The lowest BCUT2D eigenvalue weighted by Gasteiger charge is -2.28. The predicted molar refractivity (Wildman–Crippen MR) is 72.2 cm³/mol.